The predicted octanol–water partition coefficient (Wildman–Crippen LogP) is 2.05. The zero-order valence-electron chi connectivity index (χ0n) is 13.4. The van der Waals surface area contributed by atoms with Crippen LogP contribution in [0.1, 0.15) is 18.4 Å². The second-order valence-corrected chi connectivity index (χ2v) is 6.49. The summed E-state index contributed by atoms with van der Waals surface area (Å²) in [5, 5.41) is 0. The number of carbonyl (C=O) groups is 2. The molecule has 3 heterocycles. The molecular formula is C17H19FN2O4. The van der Waals surface area contributed by atoms with Gasteiger partial charge in [-0.1, -0.05) is 0 Å². The molecule has 0 bridgehead atoms. The molecule has 0 saturated carbocycles. The summed E-state index contributed by atoms with van der Waals surface area (Å²) < 4.78 is 23.1. The van der Waals surface area contributed by atoms with Crippen molar-refractivity contribution in [2.24, 2.45) is 0 Å². The van der Waals surface area contributed by atoms with E-state index in [2.05, 4.69) is 4.74 Å². The van der Waals surface area contributed by atoms with Gasteiger partial charge in [-0.15, -0.1) is 0 Å². The zero-order valence-corrected chi connectivity index (χ0v) is 13.4. The number of amides is 1. The van der Waals surface area contributed by atoms with Gasteiger partial charge in [0.15, 0.2) is 0 Å². The Kier molecular flexibility index (Phi) is 3.58. The molecule has 0 radical (unpaired) electrons. The van der Waals surface area contributed by atoms with Gasteiger partial charge >= 0.3 is 12.1 Å². The fourth-order valence-corrected chi connectivity index (χ4v) is 3.71. The molecule has 1 aromatic carbocycles. The quantitative estimate of drug-likeness (QED) is 0.789. The number of esters is 1. The molecule has 0 unspecified atom stereocenters. The minimum absolute atomic E-state index is 0.0854. The molecule has 0 N–H and O–H groups in total. The summed E-state index contributed by atoms with van der Waals surface area (Å²) in [6.07, 6.45) is -0.0599. The van der Waals surface area contributed by atoms with Gasteiger partial charge in [-0.05, 0) is 36.6 Å². The number of fused-ring (bicyclic) bond motifs is 3. The van der Waals surface area contributed by atoms with Crippen LogP contribution in [0.4, 0.5) is 20.6 Å². The maximum Gasteiger partial charge on any atom is 0.415 e. The molecule has 1 aromatic rings. The number of ether oxygens (including phenoxy) is 2. The average Bonchev–Trinajstić information content (AvgIpc) is 3.06. The van der Waals surface area contributed by atoms with E-state index in [1.54, 1.807) is 4.90 Å². The van der Waals surface area contributed by atoms with Gasteiger partial charge in [0, 0.05) is 12.1 Å². The first-order valence-corrected chi connectivity index (χ1v) is 8.15. The van der Waals surface area contributed by atoms with Gasteiger partial charge in [-0.25, -0.2) is 9.18 Å². The fraction of sp³-hybridized carbons (Fsp3) is 0.529. The highest BCUT2D eigenvalue weighted by Crippen LogP contribution is 2.41. The number of cyclic esters (lactones) is 1. The first kappa shape index (κ1) is 15.2. The Balaban J connectivity index is 1.51. The summed E-state index contributed by atoms with van der Waals surface area (Å²) >= 11 is 0. The molecule has 128 valence electrons. The van der Waals surface area contributed by atoms with Crippen LogP contribution in [0.3, 0.4) is 0 Å². The van der Waals surface area contributed by atoms with E-state index in [1.165, 1.54) is 7.11 Å². The number of halogens is 1. The van der Waals surface area contributed by atoms with Crippen LogP contribution >= 0.6 is 0 Å². The van der Waals surface area contributed by atoms with Crippen LogP contribution < -0.4 is 9.80 Å². The first-order chi connectivity index (χ1) is 11.6. The molecule has 0 aliphatic carbocycles. The molecule has 0 aromatic heterocycles. The van der Waals surface area contributed by atoms with Gasteiger partial charge in [-0.2, -0.15) is 0 Å². The van der Waals surface area contributed by atoms with Crippen molar-refractivity contribution in [1.82, 2.24) is 0 Å². The lowest BCUT2D eigenvalue weighted by atomic mass is 10.0. The molecule has 24 heavy (non-hydrogen) atoms. The summed E-state index contributed by atoms with van der Waals surface area (Å²) in [4.78, 5) is 27.2. The molecule has 7 heteroatoms. The lowest BCUT2D eigenvalue weighted by Gasteiger charge is -2.36. The topological polar surface area (TPSA) is 59.1 Å². The van der Waals surface area contributed by atoms with E-state index in [-0.39, 0.29) is 30.6 Å². The lowest BCUT2D eigenvalue weighted by molar-refractivity contribution is -0.141. The summed E-state index contributed by atoms with van der Waals surface area (Å²) in [5.74, 6) is -0.305. The van der Waals surface area contributed by atoms with Crippen molar-refractivity contribution in [3.05, 3.63) is 23.8 Å². The second kappa shape index (κ2) is 5.65. The molecule has 3 aliphatic rings. The van der Waals surface area contributed by atoms with Gasteiger partial charge in [-0.3, -0.25) is 9.69 Å². The molecule has 2 atom stereocenters. The largest absolute Gasteiger partial charge is 0.469 e. The van der Waals surface area contributed by atoms with Crippen LogP contribution in [0.5, 0.6) is 0 Å². The van der Waals surface area contributed by atoms with E-state index in [1.807, 2.05) is 23.1 Å². The normalized spacial score (nSPS) is 25.2. The Morgan fingerprint density at radius 2 is 2.21 bits per heavy atom. The summed E-state index contributed by atoms with van der Waals surface area (Å²) in [6, 6.07) is 5.77. The number of methoxy groups -OCH3 is 1. The third-order valence-electron chi connectivity index (χ3n) is 5.02. The van der Waals surface area contributed by atoms with Crippen molar-refractivity contribution in [1.29, 1.82) is 0 Å². The van der Waals surface area contributed by atoms with Crippen LogP contribution in [0.25, 0.3) is 0 Å². The third-order valence-corrected chi connectivity index (χ3v) is 5.02. The van der Waals surface area contributed by atoms with Gasteiger partial charge in [0.25, 0.3) is 0 Å². The van der Waals surface area contributed by atoms with Gasteiger partial charge in [0.2, 0.25) is 0 Å². The smallest absolute Gasteiger partial charge is 0.415 e. The highest BCUT2D eigenvalue weighted by Gasteiger charge is 2.47. The number of benzene rings is 1. The Morgan fingerprint density at radius 1 is 1.42 bits per heavy atom. The van der Waals surface area contributed by atoms with Gasteiger partial charge in [0.1, 0.15) is 12.3 Å². The highest BCUT2D eigenvalue weighted by molar-refractivity contribution is 5.94. The monoisotopic (exact) mass is 334 g/mol. The van der Waals surface area contributed by atoms with Crippen LogP contribution in [-0.2, 0) is 20.7 Å². The van der Waals surface area contributed by atoms with Crippen molar-refractivity contribution in [3.63, 3.8) is 0 Å². The third kappa shape index (κ3) is 2.39. The minimum Gasteiger partial charge on any atom is -0.469 e. The van der Waals surface area contributed by atoms with Crippen LogP contribution in [-0.4, -0.2) is 50.6 Å². The molecule has 2 saturated heterocycles. The SMILES string of the molecule is COC(=O)CC[C@@H]1OC(=O)N2c3ccc(N4CC(F)C4)cc3C[C@@H]12. The van der Waals surface area contributed by atoms with E-state index in [0.717, 1.165) is 16.9 Å². The Bertz CT molecular complexity index is 689. The summed E-state index contributed by atoms with van der Waals surface area (Å²) in [5.41, 5.74) is 2.91. The highest BCUT2D eigenvalue weighted by atomic mass is 19.1. The predicted molar refractivity (Wildman–Crippen MR) is 85.0 cm³/mol. The van der Waals surface area contributed by atoms with E-state index in [9.17, 15) is 14.0 Å². The maximum absolute atomic E-state index is 13.0. The van der Waals surface area contributed by atoms with E-state index >= 15 is 0 Å². The fourth-order valence-electron chi connectivity index (χ4n) is 3.71. The van der Waals surface area contributed by atoms with Crippen LogP contribution in [0.2, 0.25) is 0 Å². The Labute approximate surface area is 139 Å². The Hall–Kier alpha value is -2.31. The molecule has 3 aliphatic heterocycles. The summed E-state index contributed by atoms with van der Waals surface area (Å²) in [6.45, 7) is 0.853. The molecule has 1 amide bonds. The number of anilines is 2. The number of nitrogens with zero attached hydrogens (tertiary/aromatic N) is 2. The second-order valence-electron chi connectivity index (χ2n) is 6.49. The molecule has 6 nitrogen and oxygen atoms in total. The first-order valence-electron chi connectivity index (χ1n) is 8.15. The van der Waals surface area contributed by atoms with E-state index in [4.69, 9.17) is 4.74 Å². The van der Waals surface area contributed by atoms with Crippen molar-refractivity contribution < 1.29 is 23.5 Å². The molecule has 2 fully saturated rings. The number of carbonyl (C=O) groups excluding carboxylic acids is 2. The van der Waals surface area contributed by atoms with Crippen molar-refractivity contribution in [2.75, 3.05) is 30.0 Å². The molecular weight excluding hydrogens is 315 g/mol. The lowest BCUT2D eigenvalue weighted by Crippen LogP contribution is -2.48. The van der Waals surface area contributed by atoms with Gasteiger partial charge in [0.05, 0.1) is 31.9 Å². The number of hydrogen-bond donors (Lipinski definition) is 0. The van der Waals surface area contributed by atoms with Crippen LogP contribution in [0.15, 0.2) is 18.2 Å². The zero-order chi connectivity index (χ0) is 16.8. The number of hydrogen-bond acceptors (Lipinski definition) is 5. The van der Waals surface area contributed by atoms with E-state index in [0.29, 0.717) is 25.9 Å². The minimum atomic E-state index is -0.751. The van der Waals surface area contributed by atoms with Gasteiger partial charge < -0.3 is 14.4 Å². The Morgan fingerprint density at radius 3 is 2.92 bits per heavy atom. The summed E-state index contributed by atoms with van der Waals surface area (Å²) in [7, 11) is 1.35. The standard InChI is InChI=1S/C17H19FN2O4/c1-23-16(21)5-4-15-14-7-10-6-12(19-8-11(18)9-19)2-3-13(10)20(14)17(22)24-15/h2-3,6,11,14-15H,4-5,7-9H2,1H3/t14-,15-/m0/s1. The van der Waals surface area contributed by atoms with Crippen LogP contribution in [0, 0.1) is 0 Å². The van der Waals surface area contributed by atoms with Crippen molar-refractivity contribution in [2.45, 2.75) is 37.6 Å². The number of rotatable bonds is 4. The van der Waals surface area contributed by atoms with Crippen molar-refractivity contribution in [3.8, 4) is 0 Å². The molecule has 0 spiro atoms. The average molecular weight is 334 g/mol. The molecule has 4 rings (SSSR count). The van der Waals surface area contributed by atoms with E-state index < -0.39 is 6.17 Å². The maximum atomic E-state index is 13.0. The van der Waals surface area contributed by atoms with Crippen molar-refractivity contribution >= 4 is 23.4 Å². The number of alkyl halides is 1.